The number of halogens is 3. The maximum atomic E-state index is 14.1. The number of carbonyl (C=O) groups is 2. The molecule has 0 aliphatic heterocycles. The highest BCUT2D eigenvalue weighted by Crippen LogP contribution is 2.24. The van der Waals surface area contributed by atoms with Crippen LogP contribution >= 0.6 is 11.6 Å². The van der Waals surface area contributed by atoms with Crippen molar-refractivity contribution in [2.75, 3.05) is 0 Å². The summed E-state index contributed by atoms with van der Waals surface area (Å²) in [5.74, 6) is -2.35. The Morgan fingerprint density at radius 1 is 1.13 bits per heavy atom. The van der Waals surface area contributed by atoms with Crippen LogP contribution in [0, 0.1) is 11.6 Å². The van der Waals surface area contributed by atoms with Crippen LogP contribution in [0.1, 0.15) is 30.8 Å². The standard InChI is InChI=1S/C20H17ClF2N4O3/c1-11(28)25-16(19-14(22)3-2-4-15(19)23)9-17(29)24-10-18-26-20(27-30-18)12-5-7-13(21)8-6-12/h2-8,16H,9-10H2,1H3,(H,24,29)(H,25,28). The minimum Gasteiger partial charge on any atom is -0.349 e. The van der Waals surface area contributed by atoms with Crippen LogP contribution in [0.25, 0.3) is 11.4 Å². The van der Waals surface area contributed by atoms with Gasteiger partial charge >= 0.3 is 0 Å². The zero-order chi connectivity index (χ0) is 21.7. The summed E-state index contributed by atoms with van der Waals surface area (Å²) >= 11 is 5.84. The fraction of sp³-hybridized carbons (Fsp3) is 0.200. The van der Waals surface area contributed by atoms with E-state index < -0.39 is 29.5 Å². The first-order valence-corrected chi connectivity index (χ1v) is 9.27. The number of aromatic nitrogens is 2. The maximum Gasteiger partial charge on any atom is 0.246 e. The topological polar surface area (TPSA) is 97.1 Å². The molecule has 0 bridgehead atoms. The molecule has 0 radical (unpaired) electrons. The van der Waals surface area contributed by atoms with E-state index in [0.29, 0.717) is 16.4 Å². The lowest BCUT2D eigenvalue weighted by atomic mass is 10.0. The van der Waals surface area contributed by atoms with Gasteiger partial charge in [-0.05, 0) is 36.4 Å². The van der Waals surface area contributed by atoms with Crippen molar-refractivity contribution in [1.82, 2.24) is 20.8 Å². The second-order valence-electron chi connectivity index (χ2n) is 6.39. The maximum absolute atomic E-state index is 14.1. The molecule has 0 spiro atoms. The number of hydrogen-bond acceptors (Lipinski definition) is 5. The van der Waals surface area contributed by atoms with Crippen LogP contribution in [0.5, 0.6) is 0 Å². The molecule has 0 fully saturated rings. The summed E-state index contributed by atoms with van der Waals surface area (Å²) < 4.78 is 33.2. The molecule has 3 aromatic rings. The largest absolute Gasteiger partial charge is 0.349 e. The van der Waals surface area contributed by atoms with Gasteiger partial charge in [0.05, 0.1) is 19.0 Å². The molecular formula is C20H17ClF2N4O3. The van der Waals surface area contributed by atoms with Gasteiger partial charge in [0, 0.05) is 23.1 Å². The number of rotatable bonds is 7. The van der Waals surface area contributed by atoms with E-state index in [1.807, 2.05) is 0 Å². The Morgan fingerprint density at radius 2 is 1.80 bits per heavy atom. The second kappa shape index (κ2) is 9.45. The summed E-state index contributed by atoms with van der Waals surface area (Å²) in [4.78, 5) is 27.9. The highest BCUT2D eigenvalue weighted by atomic mass is 35.5. The molecule has 1 unspecified atom stereocenters. The molecular weight excluding hydrogens is 418 g/mol. The Bertz CT molecular complexity index is 1040. The molecule has 0 saturated carbocycles. The summed E-state index contributed by atoms with van der Waals surface area (Å²) in [6, 6.07) is 8.94. The molecule has 3 rings (SSSR count). The molecule has 156 valence electrons. The fourth-order valence-corrected chi connectivity index (χ4v) is 2.91. The smallest absolute Gasteiger partial charge is 0.246 e. The molecule has 2 aromatic carbocycles. The summed E-state index contributed by atoms with van der Waals surface area (Å²) in [5.41, 5.74) is 0.298. The predicted molar refractivity (Wildman–Crippen MR) is 104 cm³/mol. The van der Waals surface area contributed by atoms with Crippen LogP contribution < -0.4 is 10.6 Å². The van der Waals surface area contributed by atoms with Crippen LogP contribution in [-0.2, 0) is 16.1 Å². The van der Waals surface area contributed by atoms with E-state index >= 15 is 0 Å². The summed E-state index contributed by atoms with van der Waals surface area (Å²) in [5, 5.41) is 9.32. The lowest BCUT2D eigenvalue weighted by Crippen LogP contribution is -2.33. The third-order valence-corrected chi connectivity index (χ3v) is 4.37. The van der Waals surface area contributed by atoms with Crippen LogP contribution in [0.4, 0.5) is 8.78 Å². The van der Waals surface area contributed by atoms with E-state index in [1.54, 1.807) is 24.3 Å². The first-order chi connectivity index (χ1) is 14.3. The van der Waals surface area contributed by atoms with Crippen LogP contribution in [0.2, 0.25) is 5.02 Å². The van der Waals surface area contributed by atoms with Crippen molar-refractivity contribution in [3.8, 4) is 11.4 Å². The monoisotopic (exact) mass is 434 g/mol. The number of nitrogens with zero attached hydrogens (tertiary/aromatic N) is 2. The van der Waals surface area contributed by atoms with Crippen LogP contribution in [0.15, 0.2) is 47.0 Å². The Hall–Kier alpha value is -3.33. The summed E-state index contributed by atoms with van der Waals surface area (Å²) in [7, 11) is 0. The lowest BCUT2D eigenvalue weighted by Gasteiger charge is -2.19. The number of amides is 2. The van der Waals surface area contributed by atoms with Gasteiger partial charge in [0.25, 0.3) is 0 Å². The van der Waals surface area contributed by atoms with E-state index in [0.717, 1.165) is 12.1 Å². The van der Waals surface area contributed by atoms with Crippen LogP contribution in [-0.4, -0.2) is 22.0 Å². The van der Waals surface area contributed by atoms with E-state index in [1.165, 1.54) is 13.0 Å². The zero-order valence-corrected chi connectivity index (χ0v) is 16.5. The van der Waals surface area contributed by atoms with E-state index in [-0.39, 0.29) is 24.4 Å². The van der Waals surface area contributed by atoms with Gasteiger partial charge in [-0.3, -0.25) is 9.59 Å². The van der Waals surface area contributed by atoms with Gasteiger partial charge in [0.1, 0.15) is 11.6 Å². The Morgan fingerprint density at radius 3 is 2.43 bits per heavy atom. The predicted octanol–water partition coefficient (Wildman–Crippen LogP) is 3.55. The molecule has 30 heavy (non-hydrogen) atoms. The van der Waals surface area contributed by atoms with Gasteiger partial charge < -0.3 is 15.2 Å². The number of carbonyl (C=O) groups excluding carboxylic acids is 2. The van der Waals surface area contributed by atoms with E-state index in [9.17, 15) is 18.4 Å². The normalized spacial score (nSPS) is 11.7. The zero-order valence-electron chi connectivity index (χ0n) is 15.8. The Kier molecular flexibility index (Phi) is 6.73. The summed E-state index contributed by atoms with van der Waals surface area (Å²) in [6.07, 6.45) is -0.379. The van der Waals surface area contributed by atoms with Crippen molar-refractivity contribution in [2.45, 2.75) is 25.9 Å². The molecule has 2 N–H and O–H groups in total. The van der Waals surface area contributed by atoms with Gasteiger partial charge in [0.2, 0.25) is 23.5 Å². The third kappa shape index (κ3) is 5.38. The Labute approximate surface area is 175 Å². The highest BCUT2D eigenvalue weighted by molar-refractivity contribution is 6.30. The van der Waals surface area contributed by atoms with Gasteiger partial charge in [-0.2, -0.15) is 4.98 Å². The van der Waals surface area contributed by atoms with Gasteiger partial charge in [-0.1, -0.05) is 22.8 Å². The molecule has 0 saturated heterocycles. The first kappa shape index (κ1) is 21.4. The van der Waals surface area contributed by atoms with Crippen molar-refractivity contribution in [3.05, 3.63) is 70.6 Å². The number of benzene rings is 2. The van der Waals surface area contributed by atoms with Crippen molar-refractivity contribution in [1.29, 1.82) is 0 Å². The Balaban J connectivity index is 1.65. The first-order valence-electron chi connectivity index (χ1n) is 8.89. The van der Waals surface area contributed by atoms with Crippen molar-refractivity contribution < 1.29 is 22.9 Å². The average molecular weight is 435 g/mol. The van der Waals surface area contributed by atoms with Crippen molar-refractivity contribution >= 4 is 23.4 Å². The molecule has 1 atom stereocenters. The lowest BCUT2D eigenvalue weighted by molar-refractivity contribution is -0.123. The quantitative estimate of drug-likeness (QED) is 0.592. The number of hydrogen-bond donors (Lipinski definition) is 2. The fourth-order valence-electron chi connectivity index (χ4n) is 2.79. The molecule has 2 amide bonds. The van der Waals surface area contributed by atoms with Crippen LogP contribution in [0.3, 0.4) is 0 Å². The third-order valence-electron chi connectivity index (χ3n) is 4.12. The van der Waals surface area contributed by atoms with Gasteiger partial charge in [-0.25, -0.2) is 8.78 Å². The molecule has 10 heteroatoms. The second-order valence-corrected chi connectivity index (χ2v) is 6.82. The van der Waals surface area contributed by atoms with E-state index in [4.69, 9.17) is 16.1 Å². The minimum atomic E-state index is -1.17. The van der Waals surface area contributed by atoms with Gasteiger partial charge in [-0.15, -0.1) is 0 Å². The summed E-state index contributed by atoms with van der Waals surface area (Å²) in [6.45, 7) is 1.10. The van der Waals surface area contributed by atoms with Crippen molar-refractivity contribution in [2.24, 2.45) is 0 Å². The number of nitrogens with one attached hydrogen (secondary N) is 2. The van der Waals surface area contributed by atoms with E-state index in [2.05, 4.69) is 20.8 Å². The molecule has 7 nitrogen and oxygen atoms in total. The molecule has 0 aliphatic rings. The minimum absolute atomic E-state index is 0.0913. The molecule has 1 aromatic heterocycles. The average Bonchev–Trinajstić information content (AvgIpc) is 3.15. The SMILES string of the molecule is CC(=O)NC(CC(=O)NCc1nc(-c2ccc(Cl)cc2)no1)c1c(F)cccc1F. The van der Waals surface area contributed by atoms with Crippen molar-refractivity contribution in [3.63, 3.8) is 0 Å². The molecule has 1 heterocycles. The molecule has 0 aliphatic carbocycles. The van der Waals surface area contributed by atoms with Gasteiger partial charge in [0.15, 0.2) is 0 Å². The highest BCUT2D eigenvalue weighted by Gasteiger charge is 2.24.